The number of rotatable bonds is 5. The van der Waals surface area contributed by atoms with Crippen LogP contribution in [0.4, 0.5) is 5.69 Å². The highest BCUT2D eigenvalue weighted by Gasteiger charge is 2.30. The fraction of sp³-hybridized carbons (Fsp3) is 0.286. The molecule has 2 rings (SSSR count). The highest BCUT2D eigenvalue weighted by Crippen LogP contribution is 2.31. The van der Waals surface area contributed by atoms with Crippen LogP contribution in [0.2, 0.25) is 0 Å². The molecule has 1 heterocycles. The first kappa shape index (κ1) is 15.0. The zero-order chi connectivity index (χ0) is 14.8. The van der Waals surface area contributed by atoms with Crippen molar-refractivity contribution in [3.63, 3.8) is 0 Å². The van der Waals surface area contributed by atoms with E-state index >= 15 is 0 Å². The van der Waals surface area contributed by atoms with Gasteiger partial charge >= 0.3 is 0 Å². The van der Waals surface area contributed by atoms with Crippen LogP contribution in [0, 0.1) is 0 Å². The SMILES string of the molecule is CN(C)c1ccc([C@@H](C[NH3+])S(=O)(=O)c2cccs2)cc1. The molecule has 0 saturated carbocycles. The molecular formula is C14H19N2O2S2+. The lowest BCUT2D eigenvalue weighted by molar-refractivity contribution is -0.367. The molecule has 4 nitrogen and oxygen atoms in total. The molecule has 0 unspecified atom stereocenters. The van der Waals surface area contributed by atoms with Crippen LogP contribution in [-0.2, 0) is 9.84 Å². The molecule has 1 atom stereocenters. The smallest absolute Gasteiger partial charge is 0.200 e. The largest absolute Gasteiger partial charge is 0.378 e. The molecule has 0 amide bonds. The van der Waals surface area contributed by atoms with Gasteiger partial charge in [0.2, 0.25) is 0 Å². The number of sulfone groups is 1. The van der Waals surface area contributed by atoms with Crippen LogP contribution >= 0.6 is 11.3 Å². The molecule has 0 aliphatic rings. The van der Waals surface area contributed by atoms with Gasteiger partial charge in [-0.2, -0.15) is 0 Å². The second-order valence-corrected chi connectivity index (χ2v) is 8.05. The summed E-state index contributed by atoms with van der Waals surface area (Å²) in [6, 6.07) is 11.0. The zero-order valence-corrected chi connectivity index (χ0v) is 13.2. The summed E-state index contributed by atoms with van der Waals surface area (Å²) in [4.78, 5) is 1.98. The van der Waals surface area contributed by atoms with Gasteiger partial charge < -0.3 is 10.6 Å². The van der Waals surface area contributed by atoms with Gasteiger partial charge in [0, 0.05) is 19.8 Å². The fourth-order valence-electron chi connectivity index (χ4n) is 2.05. The molecule has 2 aromatic rings. The highest BCUT2D eigenvalue weighted by molar-refractivity contribution is 7.93. The van der Waals surface area contributed by atoms with Crippen LogP contribution in [0.3, 0.4) is 0 Å². The summed E-state index contributed by atoms with van der Waals surface area (Å²) >= 11 is 1.25. The predicted molar refractivity (Wildman–Crippen MR) is 82.8 cm³/mol. The highest BCUT2D eigenvalue weighted by atomic mass is 32.2. The van der Waals surface area contributed by atoms with Crippen molar-refractivity contribution >= 4 is 26.9 Å². The maximum atomic E-state index is 12.6. The Morgan fingerprint density at radius 1 is 1.20 bits per heavy atom. The van der Waals surface area contributed by atoms with Crippen molar-refractivity contribution in [1.82, 2.24) is 0 Å². The van der Waals surface area contributed by atoms with Gasteiger partial charge in [-0.05, 0) is 29.1 Å². The molecule has 0 radical (unpaired) electrons. The lowest BCUT2D eigenvalue weighted by Gasteiger charge is -2.16. The second kappa shape index (κ2) is 5.95. The summed E-state index contributed by atoms with van der Waals surface area (Å²) in [5, 5.41) is 1.19. The third kappa shape index (κ3) is 2.87. The molecule has 0 bridgehead atoms. The Balaban J connectivity index is 2.38. The Hall–Kier alpha value is -1.37. The minimum atomic E-state index is -3.35. The first-order valence-corrected chi connectivity index (χ1v) is 8.73. The molecule has 20 heavy (non-hydrogen) atoms. The van der Waals surface area contributed by atoms with Gasteiger partial charge in [-0.15, -0.1) is 11.3 Å². The molecule has 3 N–H and O–H groups in total. The van der Waals surface area contributed by atoms with Gasteiger partial charge in [0.1, 0.15) is 9.46 Å². The number of anilines is 1. The third-order valence-electron chi connectivity index (χ3n) is 3.19. The molecule has 0 fully saturated rings. The molecule has 0 aliphatic heterocycles. The molecule has 1 aromatic carbocycles. The summed E-state index contributed by atoms with van der Waals surface area (Å²) in [6.07, 6.45) is 0. The van der Waals surface area contributed by atoms with Crippen molar-refractivity contribution in [3.8, 4) is 0 Å². The van der Waals surface area contributed by atoms with Gasteiger partial charge in [-0.1, -0.05) is 18.2 Å². The number of hydrogen-bond acceptors (Lipinski definition) is 4. The van der Waals surface area contributed by atoms with E-state index in [0.29, 0.717) is 10.8 Å². The van der Waals surface area contributed by atoms with Crippen LogP contribution in [0.25, 0.3) is 0 Å². The average molecular weight is 311 g/mol. The number of benzene rings is 1. The third-order valence-corrected chi connectivity index (χ3v) is 6.79. The number of thiophene rings is 1. The maximum absolute atomic E-state index is 12.6. The van der Waals surface area contributed by atoms with Crippen LogP contribution in [0.15, 0.2) is 46.0 Å². The van der Waals surface area contributed by atoms with Crippen molar-refractivity contribution in [3.05, 3.63) is 47.3 Å². The number of hydrogen-bond donors (Lipinski definition) is 1. The predicted octanol–water partition coefficient (Wildman–Crippen LogP) is 1.57. The van der Waals surface area contributed by atoms with Gasteiger partial charge in [-0.25, -0.2) is 8.42 Å². The van der Waals surface area contributed by atoms with E-state index in [4.69, 9.17) is 0 Å². The van der Waals surface area contributed by atoms with Crippen molar-refractivity contribution < 1.29 is 14.2 Å². The Morgan fingerprint density at radius 2 is 1.85 bits per heavy atom. The van der Waals surface area contributed by atoms with E-state index in [1.165, 1.54) is 11.3 Å². The Labute approximate surface area is 123 Å². The van der Waals surface area contributed by atoms with Crippen molar-refractivity contribution in [2.75, 3.05) is 25.5 Å². The van der Waals surface area contributed by atoms with E-state index in [1.807, 2.05) is 43.3 Å². The minimum Gasteiger partial charge on any atom is -0.378 e. The average Bonchev–Trinajstić information content (AvgIpc) is 2.94. The molecule has 6 heteroatoms. The van der Waals surface area contributed by atoms with Crippen LogP contribution in [0.1, 0.15) is 10.8 Å². The first-order valence-electron chi connectivity index (χ1n) is 6.30. The summed E-state index contributed by atoms with van der Waals surface area (Å²) < 4.78 is 25.6. The normalized spacial score (nSPS) is 13.2. The summed E-state index contributed by atoms with van der Waals surface area (Å²) in [5.41, 5.74) is 5.65. The molecule has 0 aliphatic carbocycles. The lowest BCUT2D eigenvalue weighted by atomic mass is 10.1. The van der Waals surface area contributed by atoms with Crippen molar-refractivity contribution in [2.45, 2.75) is 9.46 Å². The second-order valence-electron chi connectivity index (χ2n) is 4.74. The van der Waals surface area contributed by atoms with E-state index < -0.39 is 15.1 Å². The van der Waals surface area contributed by atoms with E-state index in [-0.39, 0.29) is 0 Å². The van der Waals surface area contributed by atoms with Gasteiger partial charge in [0.05, 0.1) is 6.54 Å². The Morgan fingerprint density at radius 3 is 2.30 bits per heavy atom. The van der Waals surface area contributed by atoms with Crippen LogP contribution in [0.5, 0.6) is 0 Å². The number of quaternary nitrogens is 1. The molecule has 0 saturated heterocycles. The molecule has 108 valence electrons. The van der Waals surface area contributed by atoms with E-state index in [2.05, 4.69) is 5.73 Å². The summed E-state index contributed by atoms with van der Waals surface area (Å²) in [7, 11) is 0.558. The quantitative estimate of drug-likeness (QED) is 0.911. The first-order chi connectivity index (χ1) is 9.46. The Kier molecular flexibility index (Phi) is 4.47. The van der Waals surface area contributed by atoms with Crippen LogP contribution in [-0.4, -0.2) is 29.1 Å². The van der Waals surface area contributed by atoms with E-state index in [9.17, 15) is 8.42 Å². The van der Waals surface area contributed by atoms with Crippen LogP contribution < -0.4 is 10.6 Å². The fourth-order valence-corrected chi connectivity index (χ4v) is 4.93. The Bertz CT molecular complexity index is 647. The maximum Gasteiger partial charge on any atom is 0.200 e. The topological polar surface area (TPSA) is 65.0 Å². The van der Waals surface area contributed by atoms with Crippen molar-refractivity contribution in [2.24, 2.45) is 0 Å². The molecule has 1 aromatic heterocycles. The monoisotopic (exact) mass is 311 g/mol. The molecule has 0 spiro atoms. The summed E-state index contributed by atoms with van der Waals surface area (Å²) in [6.45, 7) is 0.321. The minimum absolute atomic E-state index is 0.321. The van der Waals surface area contributed by atoms with Gasteiger partial charge in [0.25, 0.3) is 0 Å². The lowest BCUT2D eigenvalue weighted by Crippen LogP contribution is -2.54. The zero-order valence-electron chi connectivity index (χ0n) is 11.6. The summed E-state index contributed by atoms with van der Waals surface area (Å²) in [5.74, 6) is 0. The van der Waals surface area contributed by atoms with Gasteiger partial charge in [-0.3, -0.25) is 0 Å². The van der Waals surface area contributed by atoms with Gasteiger partial charge in [0.15, 0.2) is 9.84 Å². The molecular weight excluding hydrogens is 292 g/mol. The van der Waals surface area contributed by atoms with Crippen molar-refractivity contribution in [1.29, 1.82) is 0 Å². The van der Waals surface area contributed by atoms with E-state index in [1.54, 1.807) is 17.5 Å². The number of nitrogens with zero attached hydrogens (tertiary/aromatic N) is 1. The standard InChI is InChI=1S/C14H18N2O2S2/c1-16(2)12-7-5-11(6-8-12)13(10-15)20(17,18)14-4-3-9-19-14/h3-9,13H,10,15H2,1-2H3/p+1/t13-/m1/s1. The van der Waals surface area contributed by atoms with E-state index in [0.717, 1.165) is 11.3 Å².